The molecule has 0 atom stereocenters. The summed E-state index contributed by atoms with van der Waals surface area (Å²) in [7, 11) is 0. The molecule has 0 spiro atoms. The first-order chi connectivity index (χ1) is 22.0. The highest BCUT2D eigenvalue weighted by Crippen LogP contribution is 2.56. The summed E-state index contributed by atoms with van der Waals surface area (Å²) in [5, 5.41) is 0. The molecule has 4 aromatic rings. The zero-order valence-corrected chi connectivity index (χ0v) is 32.8. The Bertz CT molecular complexity index is 1860. The standard InChI is InChI=1S/C21H18Br2.C13H8Br2.C8H10/c1-21(2,13-5-3-4-6-13)20-18-11-14(22)7-9-16(18)17-10-8-15(23)12-19(17)20;14-10-1-3-12-8(6-10)5-9-7-11(15)2-4-13(9)12;1-7(2)8-5-3-4-6-8/h3,5-12,20H,4H2,1-2H3;1-4,6-7H,5H2;3-6H,1-2H3. The van der Waals surface area contributed by atoms with Crippen molar-refractivity contribution in [1.82, 2.24) is 0 Å². The van der Waals surface area contributed by atoms with Crippen LogP contribution in [0.25, 0.3) is 22.3 Å². The number of rotatable bonds is 2. The van der Waals surface area contributed by atoms with E-state index >= 15 is 0 Å². The van der Waals surface area contributed by atoms with Gasteiger partial charge in [0, 0.05) is 29.2 Å². The van der Waals surface area contributed by atoms with E-state index in [1.54, 1.807) is 0 Å². The lowest BCUT2D eigenvalue weighted by Crippen LogP contribution is -2.23. The fourth-order valence-electron chi connectivity index (χ4n) is 6.94. The number of fused-ring (bicyclic) bond motifs is 6. The molecule has 0 saturated heterocycles. The Morgan fingerprint density at radius 1 is 0.609 bits per heavy atom. The molecule has 0 aliphatic heterocycles. The summed E-state index contributed by atoms with van der Waals surface area (Å²) in [6.07, 6.45) is 17.4. The third-order valence-corrected chi connectivity index (χ3v) is 11.2. The number of hydrogen-bond acceptors (Lipinski definition) is 0. The summed E-state index contributed by atoms with van der Waals surface area (Å²) >= 11 is 14.4. The van der Waals surface area contributed by atoms with E-state index in [0.29, 0.717) is 5.92 Å². The van der Waals surface area contributed by atoms with Crippen LogP contribution in [-0.2, 0) is 6.42 Å². The molecule has 0 bridgehead atoms. The van der Waals surface area contributed by atoms with Gasteiger partial charge in [0.2, 0.25) is 0 Å². The lowest BCUT2D eigenvalue weighted by molar-refractivity contribution is 0.403. The minimum Gasteiger partial charge on any atom is -0.0804 e. The van der Waals surface area contributed by atoms with Crippen molar-refractivity contribution in [3.8, 4) is 22.3 Å². The molecule has 46 heavy (non-hydrogen) atoms. The molecule has 232 valence electrons. The van der Waals surface area contributed by atoms with Crippen LogP contribution in [0, 0.1) is 5.41 Å². The SMILES string of the molecule is Brc1ccc2c(c1)Cc1cc(Br)ccc1-2.CC(C)(C1=CCC=C1)C1c2cc(Br)ccc2-c2ccc(Br)cc21.CC(C)=C1C=CC=C1. The molecule has 0 heterocycles. The summed E-state index contributed by atoms with van der Waals surface area (Å²) < 4.78 is 4.63. The van der Waals surface area contributed by atoms with Gasteiger partial charge in [0.25, 0.3) is 0 Å². The van der Waals surface area contributed by atoms with Crippen molar-refractivity contribution in [3.05, 3.63) is 172 Å². The monoisotopic (exact) mass is 856 g/mol. The van der Waals surface area contributed by atoms with Crippen molar-refractivity contribution in [2.24, 2.45) is 5.41 Å². The van der Waals surface area contributed by atoms with E-state index in [2.05, 4.69) is 207 Å². The maximum atomic E-state index is 3.66. The van der Waals surface area contributed by atoms with Crippen molar-refractivity contribution in [2.45, 2.75) is 46.5 Å². The summed E-state index contributed by atoms with van der Waals surface area (Å²) in [6.45, 7) is 8.99. The van der Waals surface area contributed by atoms with E-state index in [1.165, 1.54) is 61.2 Å². The summed E-state index contributed by atoms with van der Waals surface area (Å²) in [5.41, 5.74) is 15.4. The van der Waals surface area contributed by atoms with E-state index < -0.39 is 0 Å². The topological polar surface area (TPSA) is 0 Å². The Balaban J connectivity index is 0.000000138. The molecular weight excluding hydrogens is 824 g/mol. The second-order valence-corrected chi connectivity index (χ2v) is 16.5. The largest absolute Gasteiger partial charge is 0.0804 e. The van der Waals surface area contributed by atoms with Gasteiger partial charge in [-0.05, 0) is 131 Å². The van der Waals surface area contributed by atoms with Gasteiger partial charge in [0.05, 0.1) is 0 Å². The highest BCUT2D eigenvalue weighted by atomic mass is 79.9. The molecule has 0 fully saturated rings. The molecule has 0 nitrogen and oxygen atoms in total. The zero-order valence-electron chi connectivity index (χ0n) is 26.5. The third kappa shape index (κ3) is 6.88. The van der Waals surface area contributed by atoms with Crippen LogP contribution < -0.4 is 0 Å². The van der Waals surface area contributed by atoms with Gasteiger partial charge in [-0.25, -0.2) is 0 Å². The number of hydrogen-bond donors (Lipinski definition) is 0. The van der Waals surface area contributed by atoms with Crippen LogP contribution in [0.4, 0.5) is 0 Å². The van der Waals surface area contributed by atoms with Gasteiger partial charge in [-0.15, -0.1) is 0 Å². The van der Waals surface area contributed by atoms with Gasteiger partial charge in [0.1, 0.15) is 0 Å². The Labute approximate surface area is 307 Å². The van der Waals surface area contributed by atoms with Crippen molar-refractivity contribution < 1.29 is 0 Å². The lowest BCUT2D eigenvalue weighted by atomic mass is 9.69. The van der Waals surface area contributed by atoms with Crippen LogP contribution in [0.2, 0.25) is 0 Å². The van der Waals surface area contributed by atoms with Crippen molar-refractivity contribution in [3.63, 3.8) is 0 Å². The molecule has 0 N–H and O–H groups in total. The van der Waals surface area contributed by atoms with Crippen LogP contribution in [0.5, 0.6) is 0 Å². The predicted octanol–water partition coefficient (Wildman–Crippen LogP) is 14.5. The van der Waals surface area contributed by atoms with E-state index in [0.717, 1.165) is 30.7 Å². The highest BCUT2D eigenvalue weighted by Gasteiger charge is 2.41. The van der Waals surface area contributed by atoms with E-state index in [-0.39, 0.29) is 5.41 Å². The minimum atomic E-state index is 0.0641. The molecule has 0 radical (unpaired) electrons. The minimum absolute atomic E-state index is 0.0641. The Morgan fingerprint density at radius 3 is 1.48 bits per heavy atom. The van der Waals surface area contributed by atoms with E-state index in [4.69, 9.17) is 0 Å². The summed E-state index contributed by atoms with van der Waals surface area (Å²) in [5.74, 6) is 0.372. The lowest BCUT2D eigenvalue weighted by Gasteiger charge is -2.34. The average Bonchev–Trinajstić information content (AvgIpc) is 3.82. The van der Waals surface area contributed by atoms with E-state index in [9.17, 15) is 0 Å². The normalized spacial score (nSPS) is 15.0. The van der Waals surface area contributed by atoms with Gasteiger partial charge >= 0.3 is 0 Å². The Morgan fingerprint density at radius 2 is 1.07 bits per heavy atom. The molecule has 0 saturated carbocycles. The van der Waals surface area contributed by atoms with Crippen LogP contribution in [-0.4, -0.2) is 0 Å². The third-order valence-electron chi connectivity index (χ3n) is 9.22. The van der Waals surface area contributed by atoms with Crippen LogP contribution >= 0.6 is 63.7 Å². The molecular formula is C42H36Br4. The first kappa shape index (κ1) is 33.4. The quantitative estimate of drug-likeness (QED) is 0.166. The zero-order chi connectivity index (χ0) is 32.6. The molecule has 0 amide bonds. The van der Waals surface area contributed by atoms with Gasteiger partial charge in [-0.2, -0.15) is 0 Å². The molecule has 4 aliphatic carbocycles. The first-order valence-electron chi connectivity index (χ1n) is 15.6. The average molecular weight is 860 g/mol. The van der Waals surface area contributed by atoms with Crippen LogP contribution in [0.15, 0.2) is 150 Å². The second kappa shape index (κ2) is 13.9. The first-order valence-corrected chi connectivity index (χ1v) is 18.8. The maximum Gasteiger partial charge on any atom is 0.0194 e. The molecule has 4 aromatic carbocycles. The molecule has 4 aliphatic rings. The number of allylic oxidation sites excluding steroid dienone is 10. The summed E-state index contributed by atoms with van der Waals surface area (Å²) in [4.78, 5) is 0. The van der Waals surface area contributed by atoms with Crippen LogP contribution in [0.3, 0.4) is 0 Å². The predicted molar refractivity (Wildman–Crippen MR) is 211 cm³/mol. The fourth-order valence-corrected chi connectivity index (χ4v) is 8.51. The Hall–Kier alpha value is -2.50. The number of halogens is 4. The fraction of sp³-hybridized carbons (Fsp3) is 0.190. The van der Waals surface area contributed by atoms with Crippen molar-refractivity contribution in [2.75, 3.05) is 0 Å². The second-order valence-electron chi connectivity index (χ2n) is 12.9. The maximum absolute atomic E-state index is 3.66. The molecule has 0 aromatic heterocycles. The van der Waals surface area contributed by atoms with Gasteiger partial charge in [-0.1, -0.05) is 150 Å². The van der Waals surface area contributed by atoms with Crippen molar-refractivity contribution in [1.29, 1.82) is 0 Å². The molecule has 4 heteroatoms. The van der Waals surface area contributed by atoms with Crippen molar-refractivity contribution >= 4 is 63.7 Å². The van der Waals surface area contributed by atoms with E-state index in [1.807, 2.05) is 0 Å². The van der Waals surface area contributed by atoms with Gasteiger partial charge < -0.3 is 0 Å². The van der Waals surface area contributed by atoms with Gasteiger partial charge in [-0.3, -0.25) is 0 Å². The number of benzene rings is 4. The van der Waals surface area contributed by atoms with Crippen LogP contribution in [0.1, 0.15) is 62.3 Å². The molecule has 0 unspecified atom stereocenters. The highest BCUT2D eigenvalue weighted by molar-refractivity contribution is 9.11. The smallest absolute Gasteiger partial charge is 0.0194 e. The Kier molecular flexibility index (Phi) is 10.1. The van der Waals surface area contributed by atoms with Gasteiger partial charge in [0.15, 0.2) is 0 Å². The molecule has 8 rings (SSSR count). The summed E-state index contributed by atoms with van der Waals surface area (Å²) in [6, 6.07) is 26.4.